The van der Waals surface area contributed by atoms with Crippen molar-refractivity contribution in [1.29, 1.82) is 0 Å². The molecule has 0 amide bonds. The summed E-state index contributed by atoms with van der Waals surface area (Å²) in [5.41, 5.74) is 3.35. The molecular formula is C13H15NO2. The number of hydrogen-bond donors (Lipinski definition) is 0. The lowest BCUT2D eigenvalue weighted by Gasteiger charge is -2.06. The standard InChI is InChI=1S/C13H15NO2/c1-9-4-5-11-7-10(2)14(12(11)6-9)8-13(15)16-3/h4-7H,8H2,1-3H3. The van der Waals surface area contributed by atoms with Crippen LogP contribution in [0.1, 0.15) is 11.3 Å². The lowest BCUT2D eigenvalue weighted by Crippen LogP contribution is -2.12. The molecule has 0 radical (unpaired) electrons. The highest BCUT2D eigenvalue weighted by molar-refractivity contribution is 5.83. The number of aromatic nitrogens is 1. The molecule has 2 aromatic rings. The average molecular weight is 217 g/mol. The Kier molecular flexibility index (Phi) is 2.69. The van der Waals surface area contributed by atoms with Crippen LogP contribution >= 0.6 is 0 Å². The van der Waals surface area contributed by atoms with Crippen LogP contribution in [0.2, 0.25) is 0 Å². The minimum absolute atomic E-state index is 0.220. The number of carbonyl (C=O) groups is 1. The van der Waals surface area contributed by atoms with Crippen molar-refractivity contribution in [1.82, 2.24) is 4.57 Å². The van der Waals surface area contributed by atoms with Crippen LogP contribution in [0.5, 0.6) is 0 Å². The number of fused-ring (bicyclic) bond motifs is 1. The van der Waals surface area contributed by atoms with Gasteiger partial charge in [0.25, 0.3) is 0 Å². The van der Waals surface area contributed by atoms with Crippen LogP contribution in [-0.4, -0.2) is 17.6 Å². The Hall–Kier alpha value is -1.77. The Balaban J connectivity index is 2.54. The van der Waals surface area contributed by atoms with E-state index in [1.165, 1.54) is 12.7 Å². The van der Waals surface area contributed by atoms with Crippen LogP contribution in [0.15, 0.2) is 24.3 Å². The van der Waals surface area contributed by atoms with Gasteiger partial charge in [-0.3, -0.25) is 4.79 Å². The summed E-state index contributed by atoms with van der Waals surface area (Å²) in [7, 11) is 1.41. The van der Waals surface area contributed by atoms with Crippen LogP contribution in [0.3, 0.4) is 0 Å². The number of rotatable bonds is 2. The fourth-order valence-corrected chi connectivity index (χ4v) is 1.91. The van der Waals surface area contributed by atoms with Gasteiger partial charge >= 0.3 is 5.97 Å². The fraction of sp³-hybridized carbons (Fsp3) is 0.308. The smallest absolute Gasteiger partial charge is 0.325 e. The second-order valence-electron chi connectivity index (χ2n) is 4.01. The van der Waals surface area contributed by atoms with Gasteiger partial charge in [0.1, 0.15) is 6.54 Å². The van der Waals surface area contributed by atoms with Gasteiger partial charge in [0, 0.05) is 11.2 Å². The summed E-state index contributed by atoms with van der Waals surface area (Å²) in [5, 5.41) is 1.16. The fourth-order valence-electron chi connectivity index (χ4n) is 1.91. The Bertz CT molecular complexity index is 540. The zero-order chi connectivity index (χ0) is 11.7. The van der Waals surface area contributed by atoms with E-state index in [2.05, 4.69) is 24.3 Å². The van der Waals surface area contributed by atoms with Gasteiger partial charge < -0.3 is 9.30 Å². The molecule has 0 aliphatic rings. The van der Waals surface area contributed by atoms with Crippen molar-refractivity contribution < 1.29 is 9.53 Å². The van der Waals surface area contributed by atoms with Gasteiger partial charge in [0.15, 0.2) is 0 Å². The molecule has 0 atom stereocenters. The quantitative estimate of drug-likeness (QED) is 0.723. The maximum absolute atomic E-state index is 11.3. The third-order valence-electron chi connectivity index (χ3n) is 2.78. The molecule has 1 aromatic carbocycles. The van der Waals surface area contributed by atoms with Crippen molar-refractivity contribution in [3.05, 3.63) is 35.5 Å². The third-order valence-corrected chi connectivity index (χ3v) is 2.78. The number of methoxy groups -OCH3 is 1. The molecule has 0 N–H and O–H groups in total. The van der Waals surface area contributed by atoms with E-state index in [-0.39, 0.29) is 12.5 Å². The SMILES string of the molecule is COC(=O)Cn1c(C)cc2ccc(C)cc21. The molecule has 3 nitrogen and oxygen atoms in total. The van der Waals surface area contributed by atoms with Gasteiger partial charge in [-0.2, -0.15) is 0 Å². The zero-order valence-electron chi connectivity index (χ0n) is 9.78. The molecule has 0 fully saturated rings. The highest BCUT2D eigenvalue weighted by Gasteiger charge is 2.09. The predicted molar refractivity (Wildman–Crippen MR) is 63.4 cm³/mol. The molecule has 3 heteroatoms. The van der Waals surface area contributed by atoms with Crippen molar-refractivity contribution >= 4 is 16.9 Å². The van der Waals surface area contributed by atoms with Gasteiger partial charge in [-0.05, 0) is 36.9 Å². The van der Waals surface area contributed by atoms with Crippen LogP contribution in [-0.2, 0) is 16.1 Å². The second-order valence-corrected chi connectivity index (χ2v) is 4.01. The summed E-state index contributed by atoms with van der Waals surface area (Å²) in [5.74, 6) is -0.220. The normalized spacial score (nSPS) is 10.7. The molecule has 0 aliphatic carbocycles. The molecule has 0 spiro atoms. The van der Waals surface area contributed by atoms with Gasteiger partial charge in [-0.25, -0.2) is 0 Å². The maximum Gasteiger partial charge on any atom is 0.325 e. The molecule has 0 saturated heterocycles. The summed E-state index contributed by atoms with van der Waals surface area (Å²) in [6, 6.07) is 8.32. The van der Waals surface area contributed by atoms with Gasteiger partial charge in [0.2, 0.25) is 0 Å². The van der Waals surface area contributed by atoms with E-state index in [9.17, 15) is 4.79 Å². The second kappa shape index (κ2) is 4.00. The minimum atomic E-state index is -0.220. The predicted octanol–water partition coefficient (Wildman–Crippen LogP) is 2.43. The molecule has 0 aliphatic heterocycles. The lowest BCUT2D eigenvalue weighted by molar-refractivity contribution is -0.141. The Morgan fingerprint density at radius 1 is 1.31 bits per heavy atom. The van der Waals surface area contributed by atoms with E-state index in [4.69, 9.17) is 4.74 Å². The van der Waals surface area contributed by atoms with Crippen LogP contribution in [0.4, 0.5) is 0 Å². The van der Waals surface area contributed by atoms with Crippen LogP contribution in [0, 0.1) is 13.8 Å². The number of carbonyl (C=O) groups excluding carboxylic acids is 1. The molecule has 2 rings (SSSR count). The van der Waals surface area contributed by atoms with E-state index in [1.807, 2.05) is 18.4 Å². The molecule has 0 bridgehead atoms. The van der Waals surface area contributed by atoms with E-state index < -0.39 is 0 Å². The third kappa shape index (κ3) is 1.81. The molecule has 16 heavy (non-hydrogen) atoms. The Morgan fingerprint density at radius 3 is 2.75 bits per heavy atom. The number of aryl methyl sites for hydroxylation is 2. The Labute approximate surface area is 94.6 Å². The molecular weight excluding hydrogens is 202 g/mol. The lowest BCUT2D eigenvalue weighted by atomic mass is 10.2. The van der Waals surface area contributed by atoms with Crippen molar-refractivity contribution in [3.63, 3.8) is 0 Å². The summed E-state index contributed by atoms with van der Waals surface area (Å²) < 4.78 is 6.68. The van der Waals surface area contributed by atoms with Gasteiger partial charge in [-0.1, -0.05) is 12.1 Å². The van der Waals surface area contributed by atoms with Gasteiger partial charge in [-0.15, -0.1) is 0 Å². The first-order valence-corrected chi connectivity index (χ1v) is 5.25. The first kappa shape index (κ1) is 10.7. The summed E-state index contributed by atoms with van der Waals surface area (Å²) in [6.07, 6.45) is 0. The topological polar surface area (TPSA) is 31.2 Å². The van der Waals surface area contributed by atoms with Gasteiger partial charge in [0.05, 0.1) is 7.11 Å². The first-order chi connectivity index (χ1) is 7.61. The molecule has 1 aromatic heterocycles. The van der Waals surface area contributed by atoms with Crippen molar-refractivity contribution in [2.75, 3.05) is 7.11 Å². The number of hydrogen-bond acceptors (Lipinski definition) is 2. The van der Waals surface area contributed by atoms with Crippen molar-refractivity contribution in [2.24, 2.45) is 0 Å². The van der Waals surface area contributed by atoms with Crippen LogP contribution < -0.4 is 0 Å². The minimum Gasteiger partial charge on any atom is -0.468 e. The molecule has 0 unspecified atom stereocenters. The Morgan fingerprint density at radius 2 is 2.06 bits per heavy atom. The first-order valence-electron chi connectivity index (χ1n) is 5.25. The number of esters is 1. The van der Waals surface area contributed by atoms with Crippen molar-refractivity contribution in [3.8, 4) is 0 Å². The monoisotopic (exact) mass is 217 g/mol. The summed E-state index contributed by atoms with van der Waals surface area (Å²) >= 11 is 0. The highest BCUT2D eigenvalue weighted by atomic mass is 16.5. The van der Waals surface area contributed by atoms with Crippen molar-refractivity contribution in [2.45, 2.75) is 20.4 Å². The highest BCUT2D eigenvalue weighted by Crippen LogP contribution is 2.20. The van der Waals surface area contributed by atoms with E-state index >= 15 is 0 Å². The van der Waals surface area contributed by atoms with E-state index in [0.717, 1.165) is 16.6 Å². The van der Waals surface area contributed by atoms with Crippen LogP contribution in [0.25, 0.3) is 10.9 Å². The number of benzene rings is 1. The summed E-state index contributed by atoms with van der Waals surface area (Å²) in [4.78, 5) is 11.3. The largest absolute Gasteiger partial charge is 0.468 e. The zero-order valence-corrected chi connectivity index (χ0v) is 9.78. The summed E-state index contributed by atoms with van der Waals surface area (Å²) in [6.45, 7) is 4.32. The molecule has 0 saturated carbocycles. The molecule has 84 valence electrons. The molecule has 1 heterocycles. The maximum atomic E-state index is 11.3. The average Bonchev–Trinajstić information content (AvgIpc) is 2.55. The van der Waals surface area contributed by atoms with E-state index in [0.29, 0.717) is 0 Å². The van der Waals surface area contributed by atoms with E-state index in [1.54, 1.807) is 0 Å². The number of nitrogens with zero attached hydrogens (tertiary/aromatic N) is 1. The number of ether oxygens (including phenoxy) is 1.